The minimum atomic E-state index is 0.719. The van der Waals surface area contributed by atoms with Gasteiger partial charge in [-0.25, -0.2) is 9.97 Å². The molecule has 4 heteroatoms. The van der Waals surface area contributed by atoms with Crippen molar-refractivity contribution in [3.8, 4) is 39.6 Å². The fraction of sp³-hybridized carbons (Fsp3) is 0. The van der Waals surface area contributed by atoms with Crippen LogP contribution in [-0.4, -0.2) is 14.5 Å². The van der Waals surface area contributed by atoms with E-state index in [0.717, 1.165) is 39.6 Å². The van der Waals surface area contributed by atoms with Gasteiger partial charge in [-0.15, -0.1) is 11.3 Å². The molecule has 3 aromatic heterocycles. The SMILES string of the molecule is c1ccc(-c2nc(-c3ccc4c(ccc5ccccc54)c3)cc(-c3cccc4c3sc3c4ccc4c5ccccc5n(-c5ccccc5)c43)n2)cc1. The zero-order valence-electron chi connectivity index (χ0n) is 28.0. The quantitative estimate of drug-likeness (QED) is 0.173. The smallest absolute Gasteiger partial charge is 0.160 e. The summed E-state index contributed by atoms with van der Waals surface area (Å²) in [6, 6.07) is 62.9. The number of fused-ring (bicyclic) bond motifs is 10. The molecule has 242 valence electrons. The van der Waals surface area contributed by atoms with Crippen LogP contribution in [0, 0.1) is 0 Å². The van der Waals surface area contributed by atoms with Gasteiger partial charge in [0.05, 0.1) is 27.1 Å². The van der Waals surface area contributed by atoms with E-state index in [1.54, 1.807) is 0 Å². The predicted octanol–water partition coefficient (Wildman–Crippen LogP) is 13.2. The van der Waals surface area contributed by atoms with Gasteiger partial charge in [-0.3, -0.25) is 0 Å². The Morgan fingerprint density at radius 3 is 1.94 bits per heavy atom. The molecule has 8 aromatic carbocycles. The van der Waals surface area contributed by atoms with E-state index in [0.29, 0.717) is 0 Å². The van der Waals surface area contributed by atoms with Crippen LogP contribution in [0.1, 0.15) is 0 Å². The van der Waals surface area contributed by atoms with Crippen molar-refractivity contribution >= 4 is 74.9 Å². The first-order valence-corrected chi connectivity index (χ1v) is 18.4. The van der Waals surface area contributed by atoms with Crippen molar-refractivity contribution in [3.63, 3.8) is 0 Å². The summed E-state index contributed by atoms with van der Waals surface area (Å²) >= 11 is 1.86. The highest BCUT2D eigenvalue weighted by molar-refractivity contribution is 7.27. The Bertz CT molecular complexity index is 3180. The van der Waals surface area contributed by atoms with Crippen LogP contribution in [0.3, 0.4) is 0 Å². The Hall–Kier alpha value is -6.62. The van der Waals surface area contributed by atoms with Crippen LogP contribution in [0.5, 0.6) is 0 Å². The highest BCUT2D eigenvalue weighted by atomic mass is 32.1. The van der Waals surface area contributed by atoms with Crippen molar-refractivity contribution in [2.75, 3.05) is 0 Å². The zero-order chi connectivity index (χ0) is 34.2. The number of hydrogen-bond acceptors (Lipinski definition) is 3. The fourth-order valence-corrected chi connectivity index (χ4v) is 9.33. The molecule has 0 unspecified atom stereocenters. The van der Waals surface area contributed by atoms with Crippen LogP contribution < -0.4 is 0 Å². The number of benzene rings is 8. The van der Waals surface area contributed by atoms with Crippen LogP contribution in [0.15, 0.2) is 176 Å². The highest BCUT2D eigenvalue weighted by Gasteiger charge is 2.20. The number of aromatic nitrogens is 3. The summed E-state index contributed by atoms with van der Waals surface area (Å²) in [4.78, 5) is 10.5. The van der Waals surface area contributed by atoms with E-state index >= 15 is 0 Å². The molecule has 0 atom stereocenters. The number of rotatable bonds is 4. The lowest BCUT2D eigenvalue weighted by molar-refractivity contribution is 1.19. The molecular formula is C48H29N3S. The van der Waals surface area contributed by atoms with Gasteiger partial charge >= 0.3 is 0 Å². The number of thiophene rings is 1. The van der Waals surface area contributed by atoms with Crippen molar-refractivity contribution in [2.24, 2.45) is 0 Å². The van der Waals surface area contributed by atoms with Crippen LogP contribution >= 0.6 is 11.3 Å². The van der Waals surface area contributed by atoms with E-state index in [4.69, 9.17) is 9.97 Å². The van der Waals surface area contributed by atoms with E-state index in [2.05, 4.69) is 174 Å². The molecule has 11 aromatic rings. The first kappa shape index (κ1) is 29.1. The van der Waals surface area contributed by atoms with Crippen molar-refractivity contribution in [1.29, 1.82) is 0 Å². The maximum Gasteiger partial charge on any atom is 0.160 e. The maximum absolute atomic E-state index is 5.28. The molecule has 0 amide bonds. The molecule has 0 spiro atoms. The average Bonchev–Trinajstić information content (AvgIpc) is 3.77. The third kappa shape index (κ3) is 4.45. The summed E-state index contributed by atoms with van der Waals surface area (Å²) in [6.45, 7) is 0. The van der Waals surface area contributed by atoms with Gasteiger partial charge in [0.2, 0.25) is 0 Å². The molecule has 11 rings (SSSR count). The lowest BCUT2D eigenvalue weighted by Gasteiger charge is -2.11. The summed E-state index contributed by atoms with van der Waals surface area (Å²) in [5.74, 6) is 0.719. The van der Waals surface area contributed by atoms with Gasteiger partial charge in [-0.1, -0.05) is 146 Å². The van der Waals surface area contributed by atoms with Crippen LogP contribution in [0.2, 0.25) is 0 Å². The Kier molecular flexibility index (Phi) is 6.42. The number of hydrogen-bond donors (Lipinski definition) is 0. The topological polar surface area (TPSA) is 30.7 Å². The first-order valence-electron chi connectivity index (χ1n) is 17.6. The van der Waals surface area contributed by atoms with Crippen molar-refractivity contribution in [3.05, 3.63) is 176 Å². The lowest BCUT2D eigenvalue weighted by Crippen LogP contribution is -1.96. The highest BCUT2D eigenvalue weighted by Crippen LogP contribution is 2.46. The predicted molar refractivity (Wildman–Crippen MR) is 221 cm³/mol. The standard InChI is InChI=1S/C48H29N3S/c1-3-13-31(14-4-1)48-49-42(33-24-25-36-32(28-33)23-22-30-12-7-8-17-35(30)36)29-43(50-48)41-20-11-19-39-40-27-26-38-37-18-9-10-21-44(37)51(34-15-5-2-6-16-34)45(38)47(40)52-46(39)41/h1-29H. The van der Waals surface area contributed by atoms with Gasteiger partial charge in [-0.05, 0) is 51.9 Å². The first-order chi connectivity index (χ1) is 25.8. The Morgan fingerprint density at radius 2 is 1.06 bits per heavy atom. The van der Waals surface area contributed by atoms with E-state index in [1.807, 2.05) is 17.4 Å². The van der Waals surface area contributed by atoms with Crippen molar-refractivity contribution in [1.82, 2.24) is 14.5 Å². The molecule has 52 heavy (non-hydrogen) atoms. The van der Waals surface area contributed by atoms with E-state index in [-0.39, 0.29) is 0 Å². The normalized spacial score (nSPS) is 11.8. The summed E-state index contributed by atoms with van der Waals surface area (Å²) in [5, 5.41) is 9.97. The molecule has 0 saturated heterocycles. The Balaban J connectivity index is 1.17. The second kappa shape index (κ2) is 11.5. The van der Waals surface area contributed by atoms with E-state index in [9.17, 15) is 0 Å². The van der Waals surface area contributed by atoms with E-state index in [1.165, 1.54) is 63.5 Å². The van der Waals surface area contributed by atoms with Gasteiger partial charge < -0.3 is 4.57 Å². The third-order valence-electron chi connectivity index (χ3n) is 10.4. The molecular weight excluding hydrogens is 651 g/mol. The second-order valence-electron chi connectivity index (χ2n) is 13.4. The second-order valence-corrected chi connectivity index (χ2v) is 14.4. The van der Waals surface area contributed by atoms with Crippen molar-refractivity contribution in [2.45, 2.75) is 0 Å². The summed E-state index contributed by atoms with van der Waals surface area (Å²) in [7, 11) is 0. The minimum absolute atomic E-state index is 0.719. The maximum atomic E-state index is 5.28. The molecule has 0 bridgehead atoms. The molecule has 3 nitrogen and oxygen atoms in total. The summed E-state index contributed by atoms with van der Waals surface area (Å²) in [5.41, 5.74) is 8.62. The monoisotopic (exact) mass is 679 g/mol. The van der Waals surface area contributed by atoms with Crippen LogP contribution in [0.4, 0.5) is 0 Å². The van der Waals surface area contributed by atoms with Gasteiger partial charge in [0.15, 0.2) is 5.82 Å². The molecule has 0 fully saturated rings. The molecule has 0 aliphatic carbocycles. The number of nitrogens with zero attached hydrogens (tertiary/aromatic N) is 3. The molecule has 0 N–H and O–H groups in total. The van der Waals surface area contributed by atoms with Gasteiger partial charge in [0.1, 0.15) is 0 Å². The third-order valence-corrected chi connectivity index (χ3v) is 11.7. The summed E-state index contributed by atoms with van der Waals surface area (Å²) in [6.07, 6.45) is 0. The zero-order valence-corrected chi connectivity index (χ0v) is 28.8. The Labute approximate surface area is 303 Å². The molecule has 3 heterocycles. The minimum Gasteiger partial charge on any atom is -0.308 e. The average molecular weight is 680 g/mol. The van der Waals surface area contributed by atoms with Gasteiger partial charge in [0, 0.05) is 48.6 Å². The molecule has 0 saturated carbocycles. The fourth-order valence-electron chi connectivity index (χ4n) is 7.97. The van der Waals surface area contributed by atoms with Gasteiger partial charge in [0.25, 0.3) is 0 Å². The summed E-state index contributed by atoms with van der Waals surface area (Å²) < 4.78 is 4.93. The number of para-hydroxylation sites is 2. The van der Waals surface area contributed by atoms with Crippen molar-refractivity contribution < 1.29 is 0 Å². The Morgan fingerprint density at radius 1 is 0.404 bits per heavy atom. The van der Waals surface area contributed by atoms with Gasteiger partial charge in [-0.2, -0.15) is 0 Å². The largest absolute Gasteiger partial charge is 0.308 e. The van der Waals surface area contributed by atoms with Crippen LogP contribution in [0.25, 0.3) is 103 Å². The van der Waals surface area contributed by atoms with Crippen LogP contribution in [-0.2, 0) is 0 Å². The lowest BCUT2D eigenvalue weighted by atomic mass is 9.98. The molecule has 0 radical (unpaired) electrons. The molecule has 0 aliphatic rings. The molecule has 0 aliphatic heterocycles. The van der Waals surface area contributed by atoms with E-state index < -0.39 is 0 Å².